The zero-order valence-corrected chi connectivity index (χ0v) is 18.9. The normalized spacial score (nSPS) is 14.2. The molecule has 1 amide bonds. The van der Waals surface area contributed by atoms with Crippen LogP contribution >= 0.6 is 11.6 Å². The number of para-hydroxylation sites is 1. The van der Waals surface area contributed by atoms with Crippen LogP contribution in [0.2, 0.25) is 5.02 Å². The molecule has 0 radical (unpaired) electrons. The molecule has 1 aliphatic heterocycles. The van der Waals surface area contributed by atoms with Gasteiger partial charge in [-0.2, -0.15) is 4.98 Å². The average Bonchev–Trinajstić information content (AvgIpc) is 3.29. The fourth-order valence-corrected chi connectivity index (χ4v) is 3.90. The summed E-state index contributed by atoms with van der Waals surface area (Å²) in [6, 6.07) is 15.8. The van der Waals surface area contributed by atoms with Gasteiger partial charge in [0, 0.05) is 43.2 Å². The standard InChI is InChI=1S/C25H27ClN4O2/c1-2-19-5-3-4-6-22(19)27-23(31)11-12-24-28-25(29-32-24)20-13-15-30(16-14-20)17-18-7-9-21(26)10-8-18/h3-10,13H,2,11-12,14-17H2,1H3,(H,27,31). The number of rotatable bonds is 8. The first kappa shape index (κ1) is 22.2. The van der Waals surface area contributed by atoms with Crippen molar-refractivity contribution in [1.29, 1.82) is 0 Å². The lowest BCUT2D eigenvalue weighted by molar-refractivity contribution is -0.116. The molecule has 2 aromatic carbocycles. The second-order valence-electron chi connectivity index (χ2n) is 7.91. The van der Waals surface area contributed by atoms with Gasteiger partial charge in [-0.05, 0) is 47.7 Å². The van der Waals surface area contributed by atoms with Crippen LogP contribution in [0.4, 0.5) is 5.69 Å². The Hall–Kier alpha value is -2.96. The largest absolute Gasteiger partial charge is 0.339 e. The molecule has 0 saturated heterocycles. The first-order chi connectivity index (χ1) is 15.6. The minimum Gasteiger partial charge on any atom is -0.339 e. The van der Waals surface area contributed by atoms with Gasteiger partial charge >= 0.3 is 0 Å². The zero-order chi connectivity index (χ0) is 22.3. The van der Waals surface area contributed by atoms with E-state index in [1.165, 1.54) is 5.56 Å². The van der Waals surface area contributed by atoms with Crippen LogP contribution in [0.1, 0.15) is 42.6 Å². The highest BCUT2D eigenvalue weighted by molar-refractivity contribution is 6.30. The summed E-state index contributed by atoms with van der Waals surface area (Å²) in [4.78, 5) is 19.2. The molecule has 1 aliphatic rings. The van der Waals surface area contributed by atoms with Crippen LogP contribution < -0.4 is 5.32 Å². The topological polar surface area (TPSA) is 71.3 Å². The summed E-state index contributed by atoms with van der Waals surface area (Å²) in [6.45, 7) is 4.72. The third-order valence-corrected chi connectivity index (χ3v) is 5.86. The van der Waals surface area contributed by atoms with E-state index < -0.39 is 0 Å². The van der Waals surface area contributed by atoms with Crippen LogP contribution in [0.25, 0.3) is 5.57 Å². The van der Waals surface area contributed by atoms with Crippen molar-refractivity contribution < 1.29 is 9.32 Å². The van der Waals surface area contributed by atoms with Gasteiger partial charge in [-0.1, -0.05) is 60.1 Å². The number of aryl methyl sites for hydroxylation is 2. The molecule has 7 heteroatoms. The van der Waals surface area contributed by atoms with Gasteiger partial charge in [0.1, 0.15) is 0 Å². The second kappa shape index (κ2) is 10.6. The Balaban J connectivity index is 1.27. The number of hydrogen-bond acceptors (Lipinski definition) is 5. The van der Waals surface area contributed by atoms with Gasteiger partial charge < -0.3 is 9.84 Å². The number of aromatic nitrogens is 2. The van der Waals surface area contributed by atoms with Crippen molar-refractivity contribution >= 4 is 28.8 Å². The molecule has 0 unspecified atom stereocenters. The van der Waals surface area contributed by atoms with E-state index in [9.17, 15) is 4.79 Å². The number of nitrogens with zero attached hydrogens (tertiary/aromatic N) is 3. The molecule has 1 N–H and O–H groups in total. The molecule has 1 aromatic heterocycles. The van der Waals surface area contributed by atoms with Gasteiger partial charge in [0.2, 0.25) is 11.8 Å². The molecule has 2 heterocycles. The van der Waals surface area contributed by atoms with Gasteiger partial charge in [0.25, 0.3) is 0 Å². The van der Waals surface area contributed by atoms with Crippen molar-refractivity contribution in [2.45, 2.75) is 39.2 Å². The van der Waals surface area contributed by atoms with Gasteiger partial charge in [-0.3, -0.25) is 9.69 Å². The third-order valence-electron chi connectivity index (χ3n) is 5.61. The molecule has 0 fully saturated rings. The van der Waals surface area contributed by atoms with Crippen molar-refractivity contribution in [2.75, 3.05) is 18.4 Å². The van der Waals surface area contributed by atoms with Crippen molar-refractivity contribution in [3.05, 3.63) is 82.5 Å². The molecular weight excluding hydrogens is 424 g/mol. The molecule has 0 bridgehead atoms. The predicted molar refractivity (Wildman–Crippen MR) is 126 cm³/mol. The van der Waals surface area contributed by atoms with E-state index in [0.717, 1.165) is 54.3 Å². The maximum atomic E-state index is 12.3. The number of anilines is 1. The molecule has 0 saturated carbocycles. The van der Waals surface area contributed by atoms with Gasteiger partial charge in [0.05, 0.1) is 0 Å². The van der Waals surface area contributed by atoms with Gasteiger partial charge in [0.15, 0.2) is 5.82 Å². The van der Waals surface area contributed by atoms with Crippen molar-refractivity contribution in [3.63, 3.8) is 0 Å². The maximum Gasteiger partial charge on any atom is 0.227 e. The minimum atomic E-state index is -0.0552. The Bertz CT molecular complexity index is 1090. The van der Waals surface area contributed by atoms with E-state index in [2.05, 4.69) is 45.5 Å². The highest BCUT2D eigenvalue weighted by Crippen LogP contribution is 2.22. The molecule has 32 heavy (non-hydrogen) atoms. The molecule has 6 nitrogen and oxygen atoms in total. The van der Waals surface area contributed by atoms with E-state index in [1.807, 2.05) is 36.4 Å². The van der Waals surface area contributed by atoms with Crippen LogP contribution in [0.5, 0.6) is 0 Å². The summed E-state index contributed by atoms with van der Waals surface area (Å²) in [5, 5.41) is 7.86. The van der Waals surface area contributed by atoms with E-state index in [4.69, 9.17) is 16.1 Å². The fraction of sp³-hybridized carbons (Fsp3) is 0.320. The van der Waals surface area contributed by atoms with Crippen molar-refractivity contribution in [2.24, 2.45) is 0 Å². The van der Waals surface area contributed by atoms with Crippen LogP contribution in [0.3, 0.4) is 0 Å². The van der Waals surface area contributed by atoms with E-state index >= 15 is 0 Å². The highest BCUT2D eigenvalue weighted by Gasteiger charge is 2.18. The molecule has 0 aliphatic carbocycles. The van der Waals surface area contributed by atoms with Crippen LogP contribution in [-0.2, 0) is 24.2 Å². The number of carbonyl (C=O) groups excluding carboxylic acids is 1. The highest BCUT2D eigenvalue weighted by atomic mass is 35.5. The lowest BCUT2D eigenvalue weighted by Crippen LogP contribution is -2.28. The number of benzene rings is 2. The molecular formula is C25H27ClN4O2. The number of hydrogen-bond donors (Lipinski definition) is 1. The fourth-order valence-electron chi connectivity index (χ4n) is 3.78. The Labute approximate surface area is 193 Å². The minimum absolute atomic E-state index is 0.0552. The summed E-state index contributed by atoms with van der Waals surface area (Å²) in [5.41, 5.74) is 4.32. The molecule has 0 spiro atoms. The monoisotopic (exact) mass is 450 g/mol. The van der Waals surface area contributed by atoms with Crippen LogP contribution in [0, 0.1) is 0 Å². The average molecular weight is 451 g/mol. The van der Waals surface area contributed by atoms with Crippen molar-refractivity contribution in [1.82, 2.24) is 15.0 Å². The summed E-state index contributed by atoms with van der Waals surface area (Å²) in [5.74, 6) is 1.06. The second-order valence-corrected chi connectivity index (χ2v) is 8.35. The number of nitrogens with one attached hydrogen (secondary N) is 1. The summed E-state index contributed by atoms with van der Waals surface area (Å²) >= 11 is 5.96. The lowest BCUT2D eigenvalue weighted by atomic mass is 10.1. The quantitative estimate of drug-likeness (QED) is 0.514. The Kier molecular flexibility index (Phi) is 7.35. The van der Waals surface area contributed by atoms with Crippen LogP contribution in [0.15, 0.2) is 59.1 Å². The summed E-state index contributed by atoms with van der Waals surface area (Å²) < 4.78 is 5.39. The zero-order valence-electron chi connectivity index (χ0n) is 18.2. The molecule has 4 rings (SSSR count). The number of amides is 1. The van der Waals surface area contributed by atoms with Crippen LogP contribution in [-0.4, -0.2) is 34.0 Å². The lowest BCUT2D eigenvalue weighted by Gasteiger charge is -2.25. The molecule has 0 atom stereocenters. The smallest absolute Gasteiger partial charge is 0.227 e. The molecule has 3 aromatic rings. The van der Waals surface area contributed by atoms with Crippen molar-refractivity contribution in [3.8, 4) is 0 Å². The number of halogens is 1. The Morgan fingerprint density at radius 2 is 2.00 bits per heavy atom. The number of carbonyl (C=O) groups is 1. The van der Waals surface area contributed by atoms with Gasteiger partial charge in [-0.25, -0.2) is 0 Å². The van der Waals surface area contributed by atoms with E-state index in [0.29, 0.717) is 24.6 Å². The first-order valence-electron chi connectivity index (χ1n) is 11.0. The van der Waals surface area contributed by atoms with E-state index in [-0.39, 0.29) is 5.91 Å². The summed E-state index contributed by atoms with van der Waals surface area (Å²) in [7, 11) is 0. The maximum absolute atomic E-state index is 12.3. The first-order valence-corrected chi connectivity index (χ1v) is 11.3. The summed E-state index contributed by atoms with van der Waals surface area (Å²) in [6.07, 6.45) is 4.61. The van der Waals surface area contributed by atoms with E-state index in [1.54, 1.807) is 0 Å². The SMILES string of the molecule is CCc1ccccc1NC(=O)CCc1nc(C2=CCN(Cc3ccc(Cl)cc3)CC2)no1. The molecule has 166 valence electrons. The third kappa shape index (κ3) is 5.84. The Morgan fingerprint density at radius 1 is 1.19 bits per heavy atom. The Morgan fingerprint density at radius 3 is 2.75 bits per heavy atom. The predicted octanol–water partition coefficient (Wildman–Crippen LogP) is 5.15. The van der Waals surface area contributed by atoms with Gasteiger partial charge in [-0.15, -0.1) is 0 Å².